The number of hydrogen-bond donors (Lipinski definition) is 3. The van der Waals surface area contributed by atoms with Gasteiger partial charge in [-0.25, -0.2) is 13.2 Å². The number of sulfone groups is 1. The van der Waals surface area contributed by atoms with Crippen LogP contribution in [0.5, 0.6) is 0 Å². The van der Waals surface area contributed by atoms with Crippen molar-refractivity contribution in [1.82, 2.24) is 0 Å². The van der Waals surface area contributed by atoms with Crippen molar-refractivity contribution in [1.29, 1.82) is 0 Å². The van der Waals surface area contributed by atoms with Crippen molar-refractivity contribution < 1.29 is 36.6 Å². The zero-order valence-corrected chi connectivity index (χ0v) is 20.5. The zero-order chi connectivity index (χ0) is 27.2. The monoisotopic (exact) mass is 534 g/mol. The predicted octanol–water partition coefficient (Wildman–Crippen LogP) is 1.88. The Labute approximate surface area is 215 Å². The third-order valence-corrected chi connectivity index (χ3v) is 9.45. The number of aliphatic hydroxyl groups excluding tert-OH is 1. The van der Waals surface area contributed by atoms with Crippen LogP contribution >= 0.6 is 11.6 Å². The summed E-state index contributed by atoms with van der Waals surface area (Å²) in [5, 5.41) is 21.7. The Morgan fingerprint density at radius 3 is 2.31 bits per heavy atom. The number of carbonyl (C=O) groups is 1. The molecule has 1 amide bonds. The maximum absolute atomic E-state index is 13.9. The van der Waals surface area contributed by atoms with E-state index >= 15 is 0 Å². The molecule has 3 rings (SSSR count). The number of benzene rings is 2. The van der Waals surface area contributed by atoms with Crippen LogP contribution in [0.2, 0.25) is 5.02 Å². The zero-order valence-electron chi connectivity index (χ0n) is 18.9. The molecular formula is C22H19B3ClF3NO5S. The second-order valence-electron chi connectivity index (χ2n) is 8.95. The van der Waals surface area contributed by atoms with Gasteiger partial charge in [-0.3, -0.25) is 0 Å². The molecule has 0 aliphatic heterocycles. The van der Waals surface area contributed by atoms with E-state index in [9.17, 15) is 36.6 Å². The molecule has 0 bridgehead atoms. The molecule has 0 aromatic heterocycles. The molecule has 2 aromatic carbocycles. The Balaban J connectivity index is 2.05. The maximum atomic E-state index is 13.9. The van der Waals surface area contributed by atoms with Crippen molar-refractivity contribution in [3.05, 3.63) is 58.4 Å². The van der Waals surface area contributed by atoms with Crippen molar-refractivity contribution in [2.45, 2.75) is 34.9 Å². The molecule has 1 aliphatic rings. The summed E-state index contributed by atoms with van der Waals surface area (Å²) in [6, 6.07) is 4.29. The summed E-state index contributed by atoms with van der Waals surface area (Å²) in [6.07, 6.45) is -0.562. The topological polar surface area (TPSA) is 104 Å². The standard InChI is InChI=1S/C22H19B3ClF3NO5S/c1-10-7-21(33,9-31)8-13(19(23)24)22(10,25)36(34,35)17-4-11(2-3-14(17)26)20(32)30-12-5-15(27)18(29)16(28)6-12/h2-6,10,13,31,33H,7-9H2,1H3,(H,30,32)/t10?,13-,21+,22+/m1/s1. The van der Waals surface area contributed by atoms with Crippen LogP contribution < -0.4 is 5.32 Å². The molecule has 1 fully saturated rings. The minimum absolute atomic E-state index is 0.206. The molecule has 6 nitrogen and oxygen atoms in total. The van der Waals surface area contributed by atoms with Crippen molar-refractivity contribution in [3.63, 3.8) is 0 Å². The molecule has 185 valence electrons. The average Bonchev–Trinajstić information content (AvgIpc) is 2.79. The SMILES string of the molecule is [B]C(=[B])[C@H]1C[C@](O)(CO)CC(C)[C@]1([B])S(=O)(=O)c1cc(C(=O)Nc2cc(F)c(F)c(F)c2)ccc1Cl. The number of carbonyl (C=O) groups excluding carboxylic acids is 1. The van der Waals surface area contributed by atoms with Gasteiger partial charge in [-0.05, 0) is 0 Å². The Hall–Kier alpha value is -2.08. The third kappa shape index (κ3) is 4.90. The number of anilines is 1. The number of nitrogens with one attached hydrogen (secondary N) is 1. The van der Waals surface area contributed by atoms with E-state index in [1.165, 1.54) is 6.92 Å². The molecule has 4 atom stereocenters. The summed E-state index contributed by atoms with van der Waals surface area (Å²) >= 11 is 6.18. The Morgan fingerprint density at radius 2 is 1.78 bits per heavy atom. The van der Waals surface area contributed by atoms with Crippen LogP contribution in [-0.4, -0.2) is 69.9 Å². The number of halogens is 4. The molecular weight excluding hydrogens is 515 g/mol. The Bertz CT molecular complexity index is 1330. The molecule has 1 unspecified atom stereocenters. The summed E-state index contributed by atoms with van der Waals surface area (Å²) in [5.41, 5.74) is -2.37. The first kappa shape index (κ1) is 28.5. The van der Waals surface area contributed by atoms with Gasteiger partial charge in [0, 0.05) is 0 Å². The molecule has 0 saturated heterocycles. The summed E-state index contributed by atoms with van der Waals surface area (Å²) in [7, 11) is 13.4. The van der Waals surface area contributed by atoms with E-state index in [1.54, 1.807) is 0 Å². The van der Waals surface area contributed by atoms with Gasteiger partial charge in [-0.1, -0.05) is 0 Å². The van der Waals surface area contributed by atoms with Crippen molar-refractivity contribution >= 4 is 61.6 Å². The van der Waals surface area contributed by atoms with Gasteiger partial charge >= 0.3 is 196 Å². The van der Waals surface area contributed by atoms with Gasteiger partial charge in [0.25, 0.3) is 0 Å². The molecule has 36 heavy (non-hydrogen) atoms. The quantitative estimate of drug-likeness (QED) is 0.388. The number of amides is 1. The first-order valence-corrected chi connectivity index (χ1v) is 12.4. The summed E-state index contributed by atoms with van der Waals surface area (Å²) in [5.74, 6) is -8.06. The van der Waals surface area contributed by atoms with Gasteiger partial charge in [0.1, 0.15) is 0 Å². The third-order valence-electron chi connectivity index (χ3n) is 6.47. The first-order chi connectivity index (χ1) is 16.6. The summed E-state index contributed by atoms with van der Waals surface area (Å²) in [6.45, 7) is 0.758. The molecule has 1 aliphatic carbocycles. The van der Waals surface area contributed by atoms with Crippen molar-refractivity contribution in [3.8, 4) is 0 Å². The predicted molar refractivity (Wildman–Crippen MR) is 132 cm³/mol. The molecule has 0 heterocycles. The van der Waals surface area contributed by atoms with Crippen LogP contribution in [-0.2, 0) is 9.84 Å². The minimum atomic E-state index is -4.62. The summed E-state index contributed by atoms with van der Waals surface area (Å²) < 4.78 is 65.7. The van der Waals surface area contributed by atoms with Gasteiger partial charge in [0.2, 0.25) is 0 Å². The van der Waals surface area contributed by atoms with Gasteiger partial charge < -0.3 is 0 Å². The van der Waals surface area contributed by atoms with Crippen LogP contribution in [0.15, 0.2) is 35.2 Å². The van der Waals surface area contributed by atoms with Crippen LogP contribution in [0.1, 0.15) is 30.1 Å². The van der Waals surface area contributed by atoms with E-state index in [0.717, 1.165) is 18.2 Å². The van der Waals surface area contributed by atoms with Crippen LogP contribution in [0, 0.1) is 29.3 Å². The average molecular weight is 534 g/mol. The normalized spacial score (nSPS) is 26.4. The van der Waals surface area contributed by atoms with Gasteiger partial charge in [-0.2, -0.15) is 0 Å². The second kappa shape index (κ2) is 10.0. The second-order valence-corrected chi connectivity index (χ2v) is 11.5. The molecule has 2 aromatic rings. The van der Waals surface area contributed by atoms with Gasteiger partial charge in [-0.15, -0.1) is 0 Å². The van der Waals surface area contributed by atoms with Crippen LogP contribution in [0.25, 0.3) is 0 Å². The van der Waals surface area contributed by atoms with E-state index in [4.69, 9.17) is 34.8 Å². The van der Waals surface area contributed by atoms with E-state index in [0.29, 0.717) is 12.1 Å². The molecule has 14 heteroatoms. The van der Waals surface area contributed by atoms with E-state index in [-0.39, 0.29) is 28.8 Å². The Morgan fingerprint density at radius 1 is 1.19 bits per heavy atom. The van der Waals surface area contributed by atoms with E-state index in [1.807, 2.05) is 0 Å². The fraction of sp³-hybridized carbons (Fsp3) is 0.364. The number of aliphatic hydroxyl groups is 2. The van der Waals surface area contributed by atoms with Crippen molar-refractivity contribution in [2.24, 2.45) is 11.8 Å². The number of rotatable bonds is 6. The molecule has 0 spiro atoms. The number of hydrogen-bond acceptors (Lipinski definition) is 5. The fourth-order valence-corrected chi connectivity index (χ4v) is 7.14. The fourth-order valence-electron chi connectivity index (χ4n) is 4.53. The van der Waals surface area contributed by atoms with Crippen molar-refractivity contribution in [2.75, 3.05) is 11.9 Å². The molecule has 5 radical (unpaired) electrons. The van der Waals surface area contributed by atoms with Gasteiger partial charge in [0.05, 0.1) is 0 Å². The summed E-state index contributed by atoms with van der Waals surface area (Å²) in [4.78, 5) is 12.2. The molecule has 1 saturated carbocycles. The van der Waals surface area contributed by atoms with Crippen LogP contribution in [0.4, 0.5) is 18.9 Å². The van der Waals surface area contributed by atoms with Crippen LogP contribution in [0.3, 0.4) is 0 Å². The van der Waals surface area contributed by atoms with E-state index in [2.05, 4.69) is 5.32 Å². The first-order valence-electron chi connectivity index (χ1n) is 10.6. The Kier molecular flexibility index (Phi) is 7.92. The molecule has 3 N–H and O–H groups in total. The van der Waals surface area contributed by atoms with E-state index < -0.39 is 72.5 Å². The van der Waals surface area contributed by atoms with Gasteiger partial charge in [0.15, 0.2) is 5.82 Å².